The Bertz CT molecular complexity index is 807. The van der Waals surface area contributed by atoms with Crippen molar-refractivity contribution in [1.29, 1.82) is 0 Å². The fourth-order valence-electron chi connectivity index (χ4n) is 3.90. The van der Waals surface area contributed by atoms with Gasteiger partial charge in [0.2, 0.25) is 6.41 Å². The molecule has 1 aromatic heterocycles. The number of carbonyl (C=O) groups excluding carboxylic acids is 2. The molecule has 2 aliphatic rings. The average Bonchev–Trinajstić information content (AvgIpc) is 2.65. The predicted molar refractivity (Wildman–Crippen MR) is 107 cm³/mol. The van der Waals surface area contributed by atoms with Crippen molar-refractivity contribution in [2.75, 3.05) is 29.4 Å². The van der Waals surface area contributed by atoms with E-state index in [1.165, 1.54) is 11.1 Å². The van der Waals surface area contributed by atoms with Crippen molar-refractivity contribution in [3.8, 4) is 0 Å². The van der Waals surface area contributed by atoms with Crippen molar-refractivity contribution >= 4 is 29.7 Å². The molecule has 0 aromatic carbocycles. The van der Waals surface area contributed by atoms with Gasteiger partial charge < -0.3 is 15.0 Å². The number of hydrogen-bond acceptors (Lipinski definition) is 7. The van der Waals surface area contributed by atoms with E-state index in [1.54, 1.807) is 20.8 Å². The van der Waals surface area contributed by atoms with Crippen molar-refractivity contribution < 1.29 is 19.2 Å². The van der Waals surface area contributed by atoms with E-state index in [0.29, 0.717) is 56.0 Å². The molecule has 10 nitrogen and oxygen atoms in total. The van der Waals surface area contributed by atoms with Crippen LogP contribution in [-0.2, 0) is 16.0 Å². The SMILES string of the molecule is CC(C)(C)OC(=O)N1CCCc2c1ncc([N+](=O)[O-])c2N1CCCC(NC=O)C1. The van der Waals surface area contributed by atoms with Crippen molar-refractivity contribution in [2.45, 2.75) is 58.1 Å². The quantitative estimate of drug-likeness (QED) is 0.464. The smallest absolute Gasteiger partial charge is 0.416 e. The lowest BCUT2D eigenvalue weighted by molar-refractivity contribution is -0.384. The molecule has 1 N–H and O–H groups in total. The van der Waals surface area contributed by atoms with E-state index in [0.717, 1.165) is 12.8 Å². The molecule has 0 bridgehead atoms. The highest BCUT2D eigenvalue weighted by molar-refractivity contribution is 5.90. The minimum absolute atomic E-state index is 0.0739. The summed E-state index contributed by atoms with van der Waals surface area (Å²) >= 11 is 0. The number of nitro groups is 1. The molecule has 2 aliphatic heterocycles. The second-order valence-corrected chi connectivity index (χ2v) is 8.36. The fraction of sp³-hybridized carbons (Fsp3) is 0.632. The summed E-state index contributed by atoms with van der Waals surface area (Å²) in [5.41, 5.74) is 0.439. The van der Waals surface area contributed by atoms with Crippen LogP contribution in [-0.4, -0.2) is 53.7 Å². The second kappa shape index (κ2) is 8.22. The molecule has 0 aliphatic carbocycles. The van der Waals surface area contributed by atoms with E-state index in [4.69, 9.17) is 4.74 Å². The number of piperidine rings is 1. The van der Waals surface area contributed by atoms with Crippen molar-refractivity contribution in [2.24, 2.45) is 0 Å². The number of ether oxygens (including phenoxy) is 1. The molecule has 2 amide bonds. The molecule has 0 saturated carbocycles. The van der Waals surface area contributed by atoms with E-state index in [-0.39, 0.29) is 11.7 Å². The van der Waals surface area contributed by atoms with Crippen LogP contribution >= 0.6 is 0 Å². The Morgan fingerprint density at radius 2 is 2.14 bits per heavy atom. The van der Waals surface area contributed by atoms with E-state index in [1.807, 2.05) is 4.90 Å². The first-order valence-electron chi connectivity index (χ1n) is 9.82. The van der Waals surface area contributed by atoms with Crippen LogP contribution in [0, 0.1) is 10.1 Å². The van der Waals surface area contributed by atoms with Crippen LogP contribution < -0.4 is 15.1 Å². The summed E-state index contributed by atoms with van der Waals surface area (Å²) in [6.45, 7) is 6.93. The van der Waals surface area contributed by atoms with Gasteiger partial charge in [-0.15, -0.1) is 0 Å². The van der Waals surface area contributed by atoms with E-state index >= 15 is 0 Å². The predicted octanol–water partition coefficient (Wildman–Crippen LogP) is 2.39. The van der Waals surface area contributed by atoms with Crippen LogP contribution in [0.5, 0.6) is 0 Å². The minimum atomic E-state index is -0.654. The molecule has 0 spiro atoms. The Morgan fingerprint density at radius 1 is 1.38 bits per heavy atom. The van der Waals surface area contributed by atoms with Gasteiger partial charge in [-0.2, -0.15) is 0 Å². The Morgan fingerprint density at radius 3 is 2.79 bits per heavy atom. The second-order valence-electron chi connectivity index (χ2n) is 8.36. The third-order valence-electron chi connectivity index (χ3n) is 5.02. The summed E-state index contributed by atoms with van der Waals surface area (Å²) in [6.07, 6.45) is 4.23. The first-order valence-corrected chi connectivity index (χ1v) is 9.82. The first kappa shape index (κ1) is 20.8. The van der Waals surface area contributed by atoms with E-state index < -0.39 is 16.6 Å². The highest BCUT2D eigenvalue weighted by atomic mass is 16.6. The maximum Gasteiger partial charge on any atom is 0.416 e. The number of rotatable bonds is 4. The summed E-state index contributed by atoms with van der Waals surface area (Å²) < 4.78 is 5.50. The van der Waals surface area contributed by atoms with Gasteiger partial charge in [0.25, 0.3) is 0 Å². The number of carbonyl (C=O) groups is 2. The minimum Gasteiger partial charge on any atom is -0.443 e. The zero-order chi connectivity index (χ0) is 21.2. The van der Waals surface area contributed by atoms with Gasteiger partial charge >= 0.3 is 11.8 Å². The lowest BCUT2D eigenvalue weighted by atomic mass is 9.99. The van der Waals surface area contributed by atoms with Crippen molar-refractivity contribution in [1.82, 2.24) is 10.3 Å². The number of fused-ring (bicyclic) bond motifs is 1. The van der Waals surface area contributed by atoms with Crippen LogP contribution in [0.2, 0.25) is 0 Å². The summed E-state index contributed by atoms with van der Waals surface area (Å²) in [7, 11) is 0. The fourth-order valence-corrected chi connectivity index (χ4v) is 3.90. The van der Waals surface area contributed by atoms with Crippen molar-refractivity contribution in [3.05, 3.63) is 21.9 Å². The normalized spacial score (nSPS) is 19.3. The number of nitrogens with one attached hydrogen (secondary N) is 1. The Labute approximate surface area is 169 Å². The van der Waals surface area contributed by atoms with Gasteiger partial charge in [0.15, 0.2) is 0 Å². The first-order chi connectivity index (χ1) is 13.7. The molecule has 29 heavy (non-hydrogen) atoms. The highest BCUT2D eigenvalue weighted by Gasteiger charge is 2.35. The molecule has 3 rings (SSSR count). The number of pyridine rings is 1. The van der Waals surface area contributed by atoms with E-state index in [9.17, 15) is 19.7 Å². The molecular weight excluding hydrogens is 378 g/mol. The molecule has 1 unspecified atom stereocenters. The molecular formula is C19H27N5O5. The monoisotopic (exact) mass is 405 g/mol. The zero-order valence-corrected chi connectivity index (χ0v) is 17.0. The summed E-state index contributed by atoms with van der Waals surface area (Å²) in [5.74, 6) is 0.413. The lowest BCUT2D eigenvalue weighted by Crippen LogP contribution is -2.46. The average molecular weight is 405 g/mol. The lowest BCUT2D eigenvalue weighted by Gasteiger charge is -2.37. The largest absolute Gasteiger partial charge is 0.443 e. The number of hydrogen-bond donors (Lipinski definition) is 1. The standard InChI is InChI=1S/C19H27N5O5/c1-19(2,3)29-18(26)23-9-5-7-14-16(15(24(27)28)10-20-17(14)23)22-8-4-6-13(11-22)21-12-25/h10,12-13H,4-9,11H2,1-3H3,(H,21,25). The van der Waals surface area contributed by atoms with Crippen molar-refractivity contribution in [3.63, 3.8) is 0 Å². The third-order valence-corrected chi connectivity index (χ3v) is 5.02. The van der Waals surface area contributed by atoms with Gasteiger partial charge in [0.05, 0.1) is 4.92 Å². The van der Waals surface area contributed by atoms with Crippen LogP contribution in [0.4, 0.5) is 22.0 Å². The number of anilines is 2. The topological polar surface area (TPSA) is 118 Å². The molecule has 10 heteroatoms. The Hall–Kier alpha value is -2.91. The molecule has 1 atom stereocenters. The highest BCUT2D eigenvalue weighted by Crippen LogP contribution is 2.40. The van der Waals surface area contributed by atoms with Gasteiger partial charge in [-0.3, -0.25) is 19.8 Å². The van der Waals surface area contributed by atoms with Crippen LogP contribution in [0.1, 0.15) is 45.6 Å². The maximum absolute atomic E-state index is 12.7. The molecule has 1 fully saturated rings. The molecule has 0 radical (unpaired) electrons. The number of amides is 2. The Kier molecular flexibility index (Phi) is 5.90. The molecule has 3 heterocycles. The zero-order valence-electron chi connectivity index (χ0n) is 17.0. The Balaban J connectivity index is 2.02. The van der Waals surface area contributed by atoms with Gasteiger partial charge in [-0.1, -0.05) is 0 Å². The van der Waals surface area contributed by atoms with Crippen LogP contribution in [0.15, 0.2) is 6.20 Å². The third kappa shape index (κ3) is 4.57. The van der Waals surface area contributed by atoms with Gasteiger partial charge in [0.1, 0.15) is 23.3 Å². The van der Waals surface area contributed by atoms with Gasteiger partial charge in [0, 0.05) is 31.2 Å². The van der Waals surface area contributed by atoms with Crippen LogP contribution in [0.3, 0.4) is 0 Å². The summed E-state index contributed by atoms with van der Waals surface area (Å²) in [5, 5.41) is 14.5. The number of aromatic nitrogens is 1. The summed E-state index contributed by atoms with van der Waals surface area (Å²) in [4.78, 5) is 42.5. The molecule has 1 saturated heterocycles. The van der Waals surface area contributed by atoms with Gasteiger partial charge in [-0.25, -0.2) is 9.78 Å². The van der Waals surface area contributed by atoms with Crippen LogP contribution in [0.25, 0.3) is 0 Å². The van der Waals surface area contributed by atoms with Gasteiger partial charge in [-0.05, 0) is 46.5 Å². The molecule has 158 valence electrons. The number of nitrogens with zero attached hydrogens (tertiary/aromatic N) is 4. The van der Waals surface area contributed by atoms with E-state index in [2.05, 4.69) is 10.3 Å². The maximum atomic E-state index is 12.7. The molecule has 1 aromatic rings. The summed E-state index contributed by atoms with van der Waals surface area (Å²) in [6, 6.07) is -0.0739.